The lowest BCUT2D eigenvalue weighted by molar-refractivity contribution is 1.65. The predicted octanol–water partition coefficient (Wildman–Crippen LogP) is 32.1. The van der Waals surface area contributed by atoms with Gasteiger partial charge in [0.2, 0.25) is 0 Å². The van der Waals surface area contributed by atoms with Gasteiger partial charge in [-0.1, -0.05) is 218 Å². The van der Waals surface area contributed by atoms with Crippen molar-refractivity contribution in [2.24, 2.45) is 0 Å². The summed E-state index contributed by atoms with van der Waals surface area (Å²) in [5, 5.41) is 31.2. The average molecular weight is 1440 g/mol. The van der Waals surface area contributed by atoms with Crippen LogP contribution in [0.15, 0.2) is 364 Å². The molecular weight excluding hydrogens is 1380 g/mol. The van der Waals surface area contributed by atoms with E-state index in [4.69, 9.17) is 0 Å². The van der Waals surface area contributed by atoms with E-state index in [1.807, 2.05) is 45.3 Å². The van der Waals surface area contributed by atoms with Crippen LogP contribution in [0.2, 0.25) is 0 Å². The molecule has 0 aliphatic heterocycles. The summed E-state index contributed by atoms with van der Waals surface area (Å²) < 4.78 is 10.7. The van der Waals surface area contributed by atoms with Crippen LogP contribution in [-0.4, -0.2) is 0 Å². The molecule has 0 radical (unpaired) electrons. The highest BCUT2D eigenvalue weighted by Gasteiger charge is 2.17. The fourth-order valence-corrected chi connectivity index (χ4v) is 21.7. The molecule has 0 saturated carbocycles. The van der Waals surface area contributed by atoms with Crippen LogP contribution in [0.3, 0.4) is 0 Å². The highest BCUT2D eigenvalue weighted by molar-refractivity contribution is 7.27. The van der Waals surface area contributed by atoms with Crippen LogP contribution >= 0.6 is 45.3 Å². The predicted molar refractivity (Wildman–Crippen MR) is 477 cm³/mol. The summed E-state index contributed by atoms with van der Waals surface area (Å²) in [6.07, 6.45) is 0. The van der Waals surface area contributed by atoms with Crippen molar-refractivity contribution in [1.29, 1.82) is 0 Å². The molecule has 0 bridgehead atoms. The number of fused-ring (bicyclic) bond motifs is 20. The van der Waals surface area contributed by atoms with Crippen LogP contribution in [0, 0.1) is 0 Å². The standard InChI is InChI=1S/2C52H30S2/c1-3-7-31(8-4-1)33-11-15-37-23-45-47-25-41-21-35(13-17-39(41)27-49(47)53-51(45)29-43(37)19-33)36-14-18-40-28-50-48(26-42(40)22-36)46-24-38-16-12-34(32-9-5-2-6-10-32)20-44(38)30-52(46)54-50;1-3-7-31(8-4-1)33-11-15-37-23-45-47-25-39-17-13-35(21-43(39)29-51(47)53-49(45)27-41(37)19-33)36-14-18-40-26-48-46-24-38-16-12-34(32-9-5-2-6-10-32)20-42(38)28-50(46)54-52(48)30-44(40)22-36/h2*1-30H. The van der Waals surface area contributed by atoms with Crippen molar-refractivity contribution >= 4 is 212 Å². The van der Waals surface area contributed by atoms with Crippen molar-refractivity contribution in [1.82, 2.24) is 0 Å². The smallest absolute Gasteiger partial charge is 0.0361 e. The number of rotatable bonds is 6. The first kappa shape index (κ1) is 61.6. The highest BCUT2D eigenvalue weighted by atomic mass is 32.1. The molecule has 24 aromatic rings. The van der Waals surface area contributed by atoms with E-state index in [0.29, 0.717) is 0 Å². The van der Waals surface area contributed by atoms with Gasteiger partial charge >= 0.3 is 0 Å². The van der Waals surface area contributed by atoms with Gasteiger partial charge in [0.15, 0.2) is 0 Å². The van der Waals surface area contributed by atoms with E-state index >= 15 is 0 Å². The lowest BCUT2D eigenvalue weighted by Crippen LogP contribution is -1.82. The molecular formula is C104H60S4. The van der Waals surface area contributed by atoms with E-state index in [1.54, 1.807) is 0 Å². The highest BCUT2D eigenvalue weighted by Crippen LogP contribution is 2.46. The van der Waals surface area contributed by atoms with Gasteiger partial charge in [0.1, 0.15) is 0 Å². The molecule has 0 fully saturated rings. The summed E-state index contributed by atoms with van der Waals surface area (Å²) in [6.45, 7) is 0. The zero-order valence-corrected chi connectivity index (χ0v) is 61.5. The van der Waals surface area contributed by atoms with Crippen molar-refractivity contribution in [2.75, 3.05) is 0 Å². The first-order valence-corrected chi connectivity index (χ1v) is 40.2. The maximum absolute atomic E-state index is 2.41. The Morgan fingerprint density at radius 1 is 0.102 bits per heavy atom. The summed E-state index contributed by atoms with van der Waals surface area (Å²) in [7, 11) is 0. The molecule has 0 atom stereocenters. The monoisotopic (exact) mass is 1440 g/mol. The van der Waals surface area contributed by atoms with E-state index in [-0.39, 0.29) is 0 Å². The minimum atomic E-state index is 1.25. The molecule has 0 aliphatic carbocycles. The zero-order chi connectivity index (χ0) is 70.7. The van der Waals surface area contributed by atoms with Crippen LogP contribution in [0.1, 0.15) is 0 Å². The molecule has 0 nitrogen and oxygen atoms in total. The van der Waals surface area contributed by atoms with Gasteiger partial charge in [-0.15, -0.1) is 45.3 Å². The molecule has 0 aliphatic rings. The second-order valence-corrected chi connectivity index (χ2v) is 33.5. The molecule has 0 amide bonds. The van der Waals surface area contributed by atoms with Crippen molar-refractivity contribution in [2.45, 2.75) is 0 Å². The van der Waals surface area contributed by atoms with Crippen molar-refractivity contribution in [3.63, 3.8) is 0 Å². The molecule has 0 saturated heterocycles. The lowest BCUT2D eigenvalue weighted by atomic mass is 9.96. The maximum Gasteiger partial charge on any atom is 0.0361 e. The minimum Gasteiger partial charge on any atom is -0.135 e. The first-order chi connectivity index (χ1) is 53.3. The number of benzene rings is 20. The van der Waals surface area contributed by atoms with E-state index in [9.17, 15) is 0 Å². The third-order valence-electron chi connectivity index (χ3n) is 22.6. The molecule has 4 heterocycles. The maximum atomic E-state index is 2.41. The van der Waals surface area contributed by atoms with Gasteiger partial charge in [0.05, 0.1) is 0 Å². The van der Waals surface area contributed by atoms with Gasteiger partial charge in [0, 0.05) is 80.7 Å². The molecule has 20 aromatic carbocycles. The van der Waals surface area contributed by atoms with Crippen LogP contribution < -0.4 is 0 Å². The number of hydrogen-bond donors (Lipinski definition) is 0. The van der Waals surface area contributed by atoms with Crippen LogP contribution in [0.4, 0.5) is 0 Å². The Kier molecular flexibility index (Phi) is 14.0. The quantitative estimate of drug-likeness (QED) is 0.156. The third-order valence-corrected chi connectivity index (χ3v) is 27.1. The van der Waals surface area contributed by atoms with Crippen LogP contribution in [0.5, 0.6) is 0 Å². The zero-order valence-electron chi connectivity index (χ0n) is 58.3. The van der Waals surface area contributed by atoms with Gasteiger partial charge in [0.25, 0.3) is 0 Å². The molecule has 4 aromatic heterocycles. The third kappa shape index (κ3) is 10.5. The first-order valence-electron chi connectivity index (χ1n) is 36.9. The fraction of sp³-hybridized carbons (Fsp3) is 0. The topological polar surface area (TPSA) is 0 Å². The number of thiophene rings is 4. The van der Waals surface area contributed by atoms with E-state index in [1.165, 1.54) is 234 Å². The summed E-state index contributed by atoms with van der Waals surface area (Å²) in [5.74, 6) is 0. The Bertz CT molecular complexity index is 7420. The van der Waals surface area contributed by atoms with Gasteiger partial charge in [-0.3, -0.25) is 0 Å². The van der Waals surface area contributed by atoms with Crippen molar-refractivity contribution < 1.29 is 0 Å². The van der Waals surface area contributed by atoms with E-state index in [2.05, 4.69) is 364 Å². The Hall–Kier alpha value is -12.6. The van der Waals surface area contributed by atoms with Crippen LogP contribution in [-0.2, 0) is 0 Å². The van der Waals surface area contributed by atoms with Crippen molar-refractivity contribution in [3.05, 3.63) is 364 Å². The summed E-state index contributed by atoms with van der Waals surface area (Å²) in [4.78, 5) is 0. The van der Waals surface area contributed by atoms with Gasteiger partial charge < -0.3 is 0 Å². The molecule has 4 heteroatoms. The Balaban J connectivity index is 0.000000130. The Morgan fingerprint density at radius 3 is 0.426 bits per heavy atom. The molecule has 0 unspecified atom stereocenters. The van der Waals surface area contributed by atoms with Crippen molar-refractivity contribution in [3.8, 4) is 66.8 Å². The average Bonchev–Trinajstić information content (AvgIpc) is 1.59. The molecule has 0 N–H and O–H groups in total. The molecule has 24 rings (SSSR count). The van der Waals surface area contributed by atoms with E-state index < -0.39 is 0 Å². The Morgan fingerprint density at radius 2 is 0.241 bits per heavy atom. The summed E-state index contributed by atoms with van der Waals surface area (Å²) in [5.41, 5.74) is 15.1. The summed E-state index contributed by atoms with van der Waals surface area (Å²) in [6, 6.07) is 136. The van der Waals surface area contributed by atoms with E-state index in [0.717, 1.165) is 0 Å². The SMILES string of the molecule is c1ccc(-c2ccc3cc4c(cc3c2)sc2cc3cc(-c5ccc6cc7c(cc6c5)sc5cc6cc(-c8ccccc8)ccc6cc57)ccc3cc24)cc1.c1ccc(-c2ccc3cc4c(cc3c2)sc2cc3ccc(-c5ccc6cc7sc8cc9cc(-c%10ccccc%10)ccc9cc8c7cc6c5)cc3cc24)cc1. The number of hydrogen-bond acceptors (Lipinski definition) is 4. The second-order valence-electron chi connectivity index (χ2n) is 29.2. The van der Waals surface area contributed by atoms with Crippen LogP contribution in [0.25, 0.3) is 234 Å². The normalized spacial score (nSPS) is 12.1. The fourth-order valence-electron chi connectivity index (χ4n) is 17.0. The molecule has 108 heavy (non-hydrogen) atoms. The van der Waals surface area contributed by atoms with Gasteiger partial charge in [-0.2, -0.15) is 0 Å². The van der Waals surface area contributed by atoms with Gasteiger partial charge in [-0.05, 0) is 299 Å². The molecule has 500 valence electrons. The molecule has 0 spiro atoms. The Labute approximate surface area is 637 Å². The summed E-state index contributed by atoms with van der Waals surface area (Å²) >= 11 is 7.60. The van der Waals surface area contributed by atoms with Gasteiger partial charge in [-0.25, -0.2) is 0 Å². The second kappa shape index (κ2) is 24.5. The minimum absolute atomic E-state index is 1.25. The largest absolute Gasteiger partial charge is 0.135 e. The lowest BCUT2D eigenvalue weighted by Gasteiger charge is -2.08.